The summed E-state index contributed by atoms with van der Waals surface area (Å²) >= 11 is 1.45. The molecule has 1 aromatic heterocycles. The van der Waals surface area contributed by atoms with E-state index in [0.717, 1.165) is 40.6 Å². The van der Waals surface area contributed by atoms with E-state index in [1.807, 2.05) is 66.2 Å². The van der Waals surface area contributed by atoms with Crippen LogP contribution in [0.4, 0.5) is 5.69 Å². The molecule has 7 heteroatoms. The topological polar surface area (TPSA) is 71.8 Å². The minimum absolute atomic E-state index is 0.0542. The zero-order valence-electron chi connectivity index (χ0n) is 15.9. The fourth-order valence-electron chi connectivity index (χ4n) is 3.25. The maximum Gasteiger partial charge on any atom is 0.240 e. The lowest BCUT2D eigenvalue weighted by Gasteiger charge is -2.33. The monoisotopic (exact) mass is 393 g/mol. The van der Waals surface area contributed by atoms with E-state index in [4.69, 9.17) is 0 Å². The summed E-state index contributed by atoms with van der Waals surface area (Å²) in [6, 6.07) is 17.7. The van der Waals surface area contributed by atoms with Gasteiger partial charge in [0.15, 0.2) is 5.82 Å². The van der Waals surface area contributed by atoms with Crippen LogP contribution in [0.2, 0.25) is 0 Å². The van der Waals surface area contributed by atoms with Crippen LogP contribution in [0.5, 0.6) is 0 Å². The summed E-state index contributed by atoms with van der Waals surface area (Å²) in [5, 5.41) is 12.0. The van der Waals surface area contributed by atoms with Gasteiger partial charge in [-0.05, 0) is 31.0 Å². The Labute approximate surface area is 168 Å². The molecule has 2 heterocycles. The number of thioether (sulfide) groups is 1. The number of anilines is 1. The first kappa shape index (κ1) is 18.6. The summed E-state index contributed by atoms with van der Waals surface area (Å²) in [5.74, 6) is 0.838. The molecule has 144 valence electrons. The van der Waals surface area contributed by atoms with E-state index in [0.29, 0.717) is 0 Å². The van der Waals surface area contributed by atoms with Gasteiger partial charge in [-0.3, -0.25) is 4.79 Å². The van der Waals surface area contributed by atoms with Gasteiger partial charge >= 0.3 is 0 Å². The van der Waals surface area contributed by atoms with Crippen molar-refractivity contribution in [2.24, 2.45) is 0 Å². The third-order valence-corrected chi connectivity index (χ3v) is 5.93. The van der Waals surface area contributed by atoms with Gasteiger partial charge in [-0.15, -0.1) is 10.2 Å². The van der Waals surface area contributed by atoms with Crippen molar-refractivity contribution in [1.82, 2.24) is 14.9 Å². The fourth-order valence-corrected chi connectivity index (χ4v) is 4.34. The third kappa shape index (κ3) is 3.75. The van der Waals surface area contributed by atoms with Crippen molar-refractivity contribution < 1.29 is 4.79 Å². The Morgan fingerprint density at radius 2 is 1.89 bits per heavy atom. The number of aryl methyl sites for hydroxylation is 2. The second kappa shape index (κ2) is 8.06. The van der Waals surface area contributed by atoms with E-state index in [9.17, 15) is 4.79 Å². The Morgan fingerprint density at radius 1 is 1.14 bits per heavy atom. The number of nitrogens with zero attached hydrogens (tertiary/aromatic N) is 3. The molecular weight excluding hydrogens is 370 g/mol. The largest absolute Gasteiger partial charge is 0.325 e. The molecular formula is C21H23N5OS. The van der Waals surface area contributed by atoms with Gasteiger partial charge in [0.1, 0.15) is 5.25 Å². The van der Waals surface area contributed by atoms with Crippen molar-refractivity contribution in [3.8, 4) is 0 Å². The van der Waals surface area contributed by atoms with Crippen molar-refractivity contribution in [1.29, 1.82) is 0 Å². The first-order chi connectivity index (χ1) is 13.7. The molecule has 0 saturated heterocycles. The Kier molecular flexibility index (Phi) is 5.34. The van der Waals surface area contributed by atoms with Crippen LogP contribution in [-0.2, 0) is 11.2 Å². The second-order valence-corrected chi connectivity index (χ2v) is 8.00. The number of hydrogen-bond acceptors (Lipinski definition) is 5. The molecule has 0 aliphatic carbocycles. The van der Waals surface area contributed by atoms with Crippen LogP contribution in [0.1, 0.15) is 36.3 Å². The van der Waals surface area contributed by atoms with E-state index < -0.39 is 0 Å². The molecule has 2 atom stereocenters. The van der Waals surface area contributed by atoms with Crippen LogP contribution in [-0.4, -0.2) is 26.0 Å². The Hall–Kier alpha value is -2.80. The number of carbonyl (C=O) groups excluding carboxylic acids is 1. The van der Waals surface area contributed by atoms with E-state index in [1.54, 1.807) is 0 Å². The number of carbonyl (C=O) groups is 1. The molecule has 1 aliphatic heterocycles. The molecule has 6 nitrogen and oxygen atoms in total. The average molecular weight is 394 g/mol. The summed E-state index contributed by atoms with van der Waals surface area (Å²) in [5.41, 5.74) is 6.49. The molecule has 4 rings (SSSR count). The maximum absolute atomic E-state index is 13.1. The van der Waals surface area contributed by atoms with Gasteiger partial charge in [0, 0.05) is 12.1 Å². The van der Waals surface area contributed by atoms with Crippen LogP contribution >= 0.6 is 11.8 Å². The Bertz CT molecular complexity index is 955. The van der Waals surface area contributed by atoms with Crippen molar-refractivity contribution in [3.05, 3.63) is 71.5 Å². The highest BCUT2D eigenvalue weighted by atomic mass is 32.2. The van der Waals surface area contributed by atoms with Crippen molar-refractivity contribution in [2.75, 3.05) is 10.7 Å². The van der Waals surface area contributed by atoms with Gasteiger partial charge in [-0.1, -0.05) is 66.7 Å². The molecule has 3 aromatic rings. The van der Waals surface area contributed by atoms with E-state index >= 15 is 0 Å². The number of aromatic nitrogens is 3. The molecule has 0 spiro atoms. The quantitative estimate of drug-likeness (QED) is 0.687. The maximum atomic E-state index is 13.1. The predicted molar refractivity (Wildman–Crippen MR) is 112 cm³/mol. The number of rotatable bonds is 5. The van der Waals surface area contributed by atoms with Crippen LogP contribution < -0.4 is 10.7 Å². The lowest BCUT2D eigenvalue weighted by atomic mass is 10.0. The Balaban J connectivity index is 1.64. The van der Waals surface area contributed by atoms with E-state index in [1.165, 1.54) is 11.8 Å². The molecule has 28 heavy (non-hydrogen) atoms. The van der Waals surface area contributed by atoms with E-state index in [-0.39, 0.29) is 17.2 Å². The molecule has 2 N–H and O–H groups in total. The van der Waals surface area contributed by atoms with Crippen LogP contribution in [0.25, 0.3) is 0 Å². The molecule has 2 aromatic carbocycles. The third-order valence-electron chi connectivity index (χ3n) is 4.71. The van der Waals surface area contributed by atoms with Gasteiger partial charge in [0.05, 0.1) is 6.04 Å². The SMILES string of the molecule is CCCc1nnc2n1N[C@@H](c1ccccc1)[C@H](C(=O)Nc1ccc(C)cc1)S2. The molecule has 0 bridgehead atoms. The number of benzene rings is 2. The molecule has 1 amide bonds. The van der Waals surface area contributed by atoms with Crippen molar-refractivity contribution >= 4 is 23.4 Å². The summed E-state index contributed by atoms with van der Waals surface area (Å²) in [7, 11) is 0. The molecule has 0 fully saturated rings. The molecule has 1 aliphatic rings. The van der Waals surface area contributed by atoms with Crippen molar-refractivity contribution in [3.63, 3.8) is 0 Å². The highest BCUT2D eigenvalue weighted by molar-refractivity contribution is 8.00. The Morgan fingerprint density at radius 3 is 2.61 bits per heavy atom. The highest BCUT2D eigenvalue weighted by Gasteiger charge is 2.37. The van der Waals surface area contributed by atoms with Gasteiger partial charge in [-0.25, -0.2) is 4.68 Å². The summed E-state index contributed by atoms with van der Waals surface area (Å²) in [4.78, 5) is 13.1. The summed E-state index contributed by atoms with van der Waals surface area (Å²) in [6.45, 7) is 4.14. The number of amides is 1. The van der Waals surface area contributed by atoms with Crippen LogP contribution in [0, 0.1) is 6.92 Å². The first-order valence-electron chi connectivity index (χ1n) is 9.45. The van der Waals surface area contributed by atoms with Gasteiger partial charge in [-0.2, -0.15) is 0 Å². The van der Waals surface area contributed by atoms with Gasteiger partial charge in [0.2, 0.25) is 11.1 Å². The van der Waals surface area contributed by atoms with Crippen LogP contribution in [0.15, 0.2) is 59.8 Å². The minimum Gasteiger partial charge on any atom is -0.325 e. The summed E-state index contributed by atoms with van der Waals surface area (Å²) in [6.07, 6.45) is 1.82. The lowest BCUT2D eigenvalue weighted by Crippen LogP contribution is -2.41. The molecule has 0 unspecified atom stereocenters. The zero-order valence-corrected chi connectivity index (χ0v) is 16.7. The smallest absolute Gasteiger partial charge is 0.240 e. The van der Waals surface area contributed by atoms with E-state index in [2.05, 4.69) is 27.9 Å². The lowest BCUT2D eigenvalue weighted by molar-refractivity contribution is -0.116. The highest BCUT2D eigenvalue weighted by Crippen LogP contribution is 2.37. The number of nitrogens with one attached hydrogen (secondary N) is 2. The number of fused-ring (bicyclic) bond motifs is 1. The van der Waals surface area contributed by atoms with Crippen molar-refractivity contribution in [2.45, 2.75) is 43.1 Å². The first-order valence-corrected chi connectivity index (χ1v) is 10.3. The van der Waals surface area contributed by atoms with Crippen LogP contribution in [0.3, 0.4) is 0 Å². The van der Waals surface area contributed by atoms with Gasteiger partial charge < -0.3 is 10.7 Å². The standard InChI is InChI=1S/C21H23N5OS/c1-3-7-17-23-24-21-26(17)25-18(15-8-5-4-6-9-15)19(28-21)20(27)22-16-12-10-14(2)11-13-16/h4-6,8-13,18-19,25H,3,7H2,1-2H3,(H,22,27)/t18-,19+/m0/s1. The molecule has 0 radical (unpaired) electrons. The fraction of sp³-hybridized carbons (Fsp3) is 0.286. The normalized spacial score (nSPS) is 18.2. The van der Waals surface area contributed by atoms with Gasteiger partial charge in [0.25, 0.3) is 0 Å². The number of hydrogen-bond donors (Lipinski definition) is 2. The zero-order chi connectivity index (χ0) is 19.5. The minimum atomic E-state index is -0.366. The average Bonchev–Trinajstić information content (AvgIpc) is 3.12. The summed E-state index contributed by atoms with van der Waals surface area (Å²) < 4.78 is 1.93. The molecule has 0 saturated carbocycles. The second-order valence-electron chi connectivity index (χ2n) is 6.90. The predicted octanol–water partition coefficient (Wildman–Crippen LogP) is 3.94.